The maximum absolute atomic E-state index is 13.8. The predicted octanol–water partition coefficient (Wildman–Crippen LogP) is 5.91. The molecule has 0 radical (unpaired) electrons. The molecular formula is C27H21FIN5O. The van der Waals surface area contributed by atoms with Crippen molar-refractivity contribution < 1.29 is 9.18 Å². The fourth-order valence-corrected chi connectivity index (χ4v) is 4.22. The van der Waals surface area contributed by atoms with E-state index in [1.807, 2.05) is 53.1 Å². The number of aromatic nitrogens is 3. The molecule has 3 N–H and O–H groups in total. The Morgan fingerprint density at radius 1 is 0.943 bits per heavy atom. The molecule has 5 rings (SSSR count). The Bertz CT molecular complexity index is 1520. The van der Waals surface area contributed by atoms with E-state index in [1.165, 1.54) is 6.07 Å². The van der Waals surface area contributed by atoms with Gasteiger partial charge in [0.25, 0.3) is 5.91 Å². The average molecular weight is 577 g/mol. The van der Waals surface area contributed by atoms with Crippen molar-refractivity contribution in [2.75, 3.05) is 5.32 Å². The summed E-state index contributed by atoms with van der Waals surface area (Å²) >= 11 is 1.94. The zero-order chi connectivity index (χ0) is 24.2. The number of carbonyl (C=O) groups is 1. The first kappa shape index (κ1) is 23.0. The molecule has 0 aliphatic rings. The molecule has 3 aromatic heterocycles. The van der Waals surface area contributed by atoms with Crippen LogP contribution >= 0.6 is 22.6 Å². The van der Waals surface area contributed by atoms with Gasteiger partial charge in [-0.2, -0.15) is 0 Å². The molecule has 0 saturated carbocycles. The fraction of sp³-hybridized carbons (Fsp3) is 0.0741. The van der Waals surface area contributed by atoms with Gasteiger partial charge < -0.3 is 15.6 Å². The number of benzene rings is 2. The number of rotatable bonds is 7. The van der Waals surface area contributed by atoms with Crippen LogP contribution in [0, 0.1) is 9.39 Å². The Labute approximate surface area is 215 Å². The monoisotopic (exact) mass is 577 g/mol. The molecule has 6 nitrogen and oxygen atoms in total. The van der Waals surface area contributed by atoms with Crippen LogP contribution in [-0.4, -0.2) is 20.9 Å². The van der Waals surface area contributed by atoms with Crippen molar-refractivity contribution in [1.29, 1.82) is 0 Å². The van der Waals surface area contributed by atoms with Gasteiger partial charge in [-0.1, -0.05) is 24.3 Å². The van der Waals surface area contributed by atoms with E-state index in [9.17, 15) is 9.18 Å². The lowest BCUT2D eigenvalue weighted by molar-refractivity contribution is 0.0951. The third-order valence-electron chi connectivity index (χ3n) is 5.64. The summed E-state index contributed by atoms with van der Waals surface area (Å²) in [6.07, 6.45) is 5.37. The number of halogens is 2. The minimum atomic E-state index is -0.299. The normalized spacial score (nSPS) is 10.9. The first-order valence-corrected chi connectivity index (χ1v) is 12.1. The summed E-state index contributed by atoms with van der Waals surface area (Å²) in [6.45, 7) is 0.719. The first-order chi connectivity index (χ1) is 17.1. The van der Waals surface area contributed by atoms with Crippen molar-refractivity contribution in [1.82, 2.24) is 20.3 Å². The van der Waals surface area contributed by atoms with Crippen molar-refractivity contribution >= 4 is 45.3 Å². The van der Waals surface area contributed by atoms with Crippen molar-refractivity contribution in [3.05, 3.63) is 111 Å². The standard InChI is InChI=1S/C27H21FIN5O/c28-23-13-18(8-9-24(23)29)15-34-27(35)21-7-3-11-31-26(21)32-14-17-4-1-5-19(12-17)22-16-33-25-20(22)6-2-10-30-25/h1-13,16H,14-15H2,(H,30,33)(H,31,32)(H,34,35). The van der Waals surface area contributed by atoms with E-state index in [1.54, 1.807) is 36.7 Å². The third-order valence-corrected chi connectivity index (χ3v) is 6.51. The summed E-state index contributed by atoms with van der Waals surface area (Å²) in [7, 11) is 0. The van der Waals surface area contributed by atoms with Gasteiger partial charge in [-0.3, -0.25) is 4.79 Å². The van der Waals surface area contributed by atoms with Crippen molar-refractivity contribution in [3.8, 4) is 11.1 Å². The van der Waals surface area contributed by atoms with Crippen LogP contribution < -0.4 is 10.6 Å². The number of aromatic amines is 1. The Balaban J connectivity index is 1.29. The number of H-pyrrole nitrogens is 1. The van der Waals surface area contributed by atoms with Gasteiger partial charge in [-0.05, 0) is 81.7 Å². The van der Waals surface area contributed by atoms with E-state index in [0.717, 1.165) is 27.7 Å². The van der Waals surface area contributed by atoms with E-state index in [0.29, 0.717) is 27.1 Å². The molecule has 0 unspecified atom stereocenters. The number of nitrogens with zero attached hydrogens (tertiary/aromatic N) is 2. The van der Waals surface area contributed by atoms with Gasteiger partial charge in [-0.25, -0.2) is 14.4 Å². The van der Waals surface area contributed by atoms with Crippen LogP contribution in [0.5, 0.6) is 0 Å². The van der Waals surface area contributed by atoms with Crippen molar-refractivity contribution in [2.45, 2.75) is 13.1 Å². The SMILES string of the molecule is O=C(NCc1ccc(I)c(F)c1)c1cccnc1NCc1cccc(-c2c[nH]c3ncccc23)c1. The molecule has 0 bridgehead atoms. The molecule has 174 valence electrons. The van der Waals surface area contributed by atoms with Crippen LogP contribution in [-0.2, 0) is 13.1 Å². The molecule has 0 aliphatic carbocycles. The minimum absolute atomic E-state index is 0.225. The summed E-state index contributed by atoms with van der Waals surface area (Å²) in [4.78, 5) is 24.8. The second-order valence-electron chi connectivity index (χ2n) is 7.99. The van der Waals surface area contributed by atoms with Gasteiger partial charge in [0.05, 0.1) is 5.56 Å². The second kappa shape index (κ2) is 10.2. The number of amides is 1. The van der Waals surface area contributed by atoms with Crippen LogP contribution in [0.2, 0.25) is 0 Å². The number of nitrogens with one attached hydrogen (secondary N) is 3. The molecule has 3 heterocycles. The van der Waals surface area contributed by atoms with E-state index >= 15 is 0 Å². The number of hydrogen-bond donors (Lipinski definition) is 3. The Morgan fingerprint density at radius 3 is 2.66 bits per heavy atom. The van der Waals surface area contributed by atoms with Crippen LogP contribution in [0.25, 0.3) is 22.2 Å². The number of carbonyl (C=O) groups excluding carboxylic acids is 1. The molecule has 1 amide bonds. The zero-order valence-corrected chi connectivity index (χ0v) is 20.7. The van der Waals surface area contributed by atoms with Gasteiger partial charge in [0.2, 0.25) is 0 Å². The van der Waals surface area contributed by atoms with Gasteiger partial charge in [0.15, 0.2) is 0 Å². The Kier molecular flexibility index (Phi) is 6.71. The molecule has 5 aromatic rings. The number of pyridine rings is 2. The molecule has 0 spiro atoms. The first-order valence-electron chi connectivity index (χ1n) is 11.0. The molecule has 0 aliphatic heterocycles. The zero-order valence-electron chi connectivity index (χ0n) is 18.6. The van der Waals surface area contributed by atoms with E-state index < -0.39 is 0 Å². The Hall–Kier alpha value is -3.79. The van der Waals surface area contributed by atoms with Gasteiger partial charge in [0, 0.05) is 46.2 Å². The van der Waals surface area contributed by atoms with Crippen LogP contribution in [0.15, 0.2) is 85.3 Å². The summed E-state index contributed by atoms with van der Waals surface area (Å²) in [6, 6.07) is 20.5. The third kappa shape index (κ3) is 5.17. The highest BCUT2D eigenvalue weighted by Gasteiger charge is 2.13. The minimum Gasteiger partial charge on any atom is -0.365 e. The number of hydrogen-bond acceptors (Lipinski definition) is 4. The highest BCUT2D eigenvalue weighted by Crippen LogP contribution is 2.28. The molecular weight excluding hydrogens is 556 g/mol. The lowest BCUT2D eigenvalue weighted by atomic mass is 10.0. The van der Waals surface area contributed by atoms with Gasteiger partial charge in [-0.15, -0.1) is 0 Å². The summed E-state index contributed by atoms with van der Waals surface area (Å²) < 4.78 is 14.3. The largest absolute Gasteiger partial charge is 0.365 e. The fourth-order valence-electron chi connectivity index (χ4n) is 3.89. The van der Waals surface area contributed by atoms with Crippen LogP contribution in [0.4, 0.5) is 10.2 Å². The van der Waals surface area contributed by atoms with E-state index in [-0.39, 0.29) is 18.3 Å². The van der Waals surface area contributed by atoms with Gasteiger partial charge in [0.1, 0.15) is 17.3 Å². The number of fused-ring (bicyclic) bond motifs is 1. The maximum atomic E-state index is 13.8. The lowest BCUT2D eigenvalue weighted by Crippen LogP contribution is -2.24. The van der Waals surface area contributed by atoms with Crippen molar-refractivity contribution in [2.24, 2.45) is 0 Å². The lowest BCUT2D eigenvalue weighted by Gasteiger charge is -2.12. The average Bonchev–Trinajstić information content (AvgIpc) is 3.33. The predicted molar refractivity (Wildman–Crippen MR) is 143 cm³/mol. The van der Waals surface area contributed by atoms with Gasteiger partial charge >= 0.3 is 0 Å². The smallest absolute Gasteiger partial charge is 0.255 e. The molecule has 0 saturated heterocycles. The molecule has 2 aromatic carbocycles. The summed E-state index contributed by atoms with van der Waals surface area (Å²) in [5.41, 5.74) is 5.18. The second-order valence-corrected chi connectivity index (χ2v) is 9.15. The molecule has 35 heavy (non-hydrogen) atoms. The van der Waals surface area contributed by atoms with E-state index in [2.05, 4.69) is 37.7 Å². The highest BCUT2D eigenvalue weighted by atomic mass is 127. The molecule has 0 atom stereocenters. The molecule has 0 fully saturated rings. The molecule has 8 heteroatoms. The topological polar surface area (TPSA) is 82.7 Å². The maximum Gasteiger partial charge on any atom is 0.255 e. The highest BCUT2D eigenvalue weighted by molar-refractivity contribution is 14.1. The van der Waals surface area contributed by atoms with Crippen LogP contribution in [0.3, 0.4) is 0 Å². The summed E-state index contributed by atoms with van der Waals surface area (Å²) in [5.74, 6) is -0.0905. The quantitative estimate of drug-likeness (QED) is 0.210. The summed E-state index contributed by atoms with van der Waals surface area (Å²) in [5, 5.41) is 7.19. The van der Waals surface area contributed by atoms with E-state index in [4.69, 9.17) is 0 Å². The Morgan fingerprint density at radius 2 is 1.77 bits per heavy atom. The van der Waals surface area contributed by atoms with Crippen molar-refractivity contribution in [3.63, 3.8) is 0 Å². The van der Waals surface area contributed by atoms with Crippen LogP contribution in [0.1, 0.15) is 21.5 Å². The number of anilines is 1.